The SMILES string of the molecule is O=[N+]([O-])c1ccc(CCNc2ncnc3c2oc2ccccc23)cc1. The lowest BCUT2D eigenvalue weighted by molar-refractivity contribution is -0.384. The first kappa shape index (κ1) is 15.1. The van der Waals surface area contributed by atoms with Gasteiger partial charge in [0.05, 0.1) is 4.92 Å². The van der Waals surface area contributed by atoms with Crippen molar-refractivity contribution in [3.63, 3.8) is 0 Å². The molecular weight excluding hydrogens is 320 g/mol. The number of furan rings is 1. The summed E-state index contributed by atoms with van der Waals surface area (Å²) in [6.07, 6.45) is 2.22. The van der Waals surface area contributed by atoms with Gasteiger partial charge in [-0.05, 0) is 24.1 Å². The molecule has 0 fully saturated rings. The maximum absolute atomic E-state index is 10.7. The number of nitro benzene ring substituents is 1. The van der Waals surface area contributed by atoms with Crippen molar-refractivity contribution in [2.24, 2.45) is 0 Å². The first-order chi connectivity index (χ1) is 12.2. The van der Waals surface area contributed by atoms with Crippen LogP contribution >= 0.6 is 0 Å². The molecule has 0 saturated heterocycles. The number of fused-ring (bicyclic) bond motifs is 3. The van der Waals surface area contributed by atoms with E-state index in [9.17, 15) is 10.1 Å². The van der Waals surface area contributed by atoms with E-state index < -0.39 is 4.92 Å². The molecule has 4 rings (SSSR count). The van der Waals surface area contributed by atoms with Crippen LogP contribution < -0.4 is 5.32 Å². The predicted molar refractivity (Wildman–Crippen MR) is 94.6 cm³/mol. The summed E-state index contributed by atoms with van der Waals surface area (Å²) in [5, 5.41) is 14.9. The molecule has 2 aromatic heterocycles. The number of anilines is 1. The van der Waals surface area contributed by atoms with Crippen LogP contribution in [0.15, 0.2) is 59.3 Å². The largest absolute Gasteiger partial charge is 0.450 e. The van der Waals surface area contributed by atoms with Gasteiger partial charge in [0.1, 0.15) is 17.4 Å². The zero-order valence-corrected chi connectivity index (χ0v) is 13.2. The molecule has 124 valence electrons. The molecule has 0 aliphatic carbocycles. The van der Waals surface area contributed by atoms with Crippen molar-refractivity contribution in [2.75, 3.05) is 11.9 Å². The van der Waals surface area contributed by atoms with Crippen LogP contribution in [-0.2, 0) is 6.42 Å². The second-order valence-corrected chi connectivity index (χ2v) is 5.60. The van der Waals surface area contributed by atoms with Gasteiger partial charge in [0.25, 0.3) is 5.69 Å². The first-order valence-corrected chi connectivity index (χ1v) is 7.82. The van der Waals surface area contributed by atoms with Crippen molar-refractivity contribution in [1.82, 2.24) is 9.97 Å². The van der Waals surface area contributed by atoms with Crippen LogP contribution in [0, 0.1) is 10.1 Å². The number of hydrogen-bond acceptors (Lipinski definition) is 6. The summed E-state index contributed by atoms with van der Waals surface area (Å²) in [6, 6.07) is 14.3. The van der Waals surface area contributed by atoms with E-state index in [0.717, 1.165) is 22.0 Å². The van der Waals surface area contributed by atoms with Gasteiger partial charge in [-0.2, -0.15) is 0 Å². The molecule has 0 spiro atoms. The van der Waals surface area contributed by atoms with Gasteiger partial charge in [0.2, 0.25) is 0 Å². The number of nitrogens with one attached hydrogen (secondary N) is 1. The Hall–Kier alpha value is -3.48. The number of nitrogens with zero attached hydrogens (tertiary/aromatic N) is 3. The van der Waals surface area contributed by atoms with Crippen LogP contribution in [0.25, 0.3) is 22.1 Å². The summed E-state index contributed by atoms with van der Waals surface area (Å²) in [4.78, 5) is 18.9. The van der Waals surface area contributed by atoms with Gasteiger partial charge in [-0.3, -0.25) is 10.1 Å². The molecule has 0 amide bonds. The van der Waals surface area contributed by atoms with E-state index >= 15 is 0 Å². The van der Waals surface area contributed by atoms with Crippen LogP contribution in [0.5, 0.6) is 0 Å². The van der Waals surface area contributed by atoms with Crippen LogP contribution in [0.2, 0.25) is 0 Å². The maximum atomic E-state index is 10.7. The first-order valence-electron chi connectivity index (χ1n) is 7.82. The maximum Gasteiger partial charge on any atom is 0.269 e. The third-order valence-electron chi connectivity index (χ3n) is 4.01. The molecule has 25 heavy (non-hydrogen) atoms. The minimum atomic E-state index is -0.402. The smallest absolute Gasteiger partial charge is 0.269 e. The van der Waals surface area contributed by atoms with Crippen molar-refractivity contribution in [2.45, 2.75) is 6.42 Å². The number of aromatic nitrogens is 2. The molecule has 4 aromatic rings. The summed E-state index contributed by atoms with van der Waals surface area (Å²) in [5.74, 6) is 0.642. The van der Waals surface area contributed by atoms with Crippen molar-refractivity contribution in [3.8, 4) is 0 Å². The molecule has 2 aromatic carbocycles. The predicted octanol–water partition coefficient (Wildman–Crippen LogP) is 3.94. The minimum Gasteiger partial charge on any atom is -0.450 e. The molecule has 2 heterocycles. The van der Waals surface area contributed by atoms with Gasteiger partial charge in [0, 0.05) is 24.1 Å². The van der Waals surface area contributed by atoms with E-state index in [1.165, 1.54) is 18.5 Å². The molecule has 0 aliphatic rings. The summed E-state index contributed by atoms with van der Waals surface area (Å²) in [7, 11) is 0. The minimum absolute atomic E-state index is 0.0940. The zero-order valence-electron chi connectivity index (χ0n) is 13.2. The molecule has 0 unspecified atom stereocenters. The van der Waals surface area contributed by atoms with Gasteiger partial charge < -0.3 is 9.73 Å². The quantitative estimate of drug-likeness (QED) is 0.439. The van der Waals surface area contributed by atoms with Gasteiger partial charge in [0.15, 0.2) is 11.4 Å². The Labute approximate surface area is 142 Å². The number of para-hydroxylation sites is 1. The van der Waals surface area contributed by atoms with E-state index in [2.05, 4.69) is 15.3 Å². The highest BCUT2D eigenvalue weighted by molar-refractivity contribution is 6.05. The second-order valence-electron chi connectivity index (χ2n) is 5.60. The van der Waals surface area contributed by atoms with E-state index in [0.29, 0.717) is 24.4 Å². The fourth-order valence-electron chi connectivity index (χ4n) is 2.76. The lowest BCUT2D eigenvalue weighted by Gasteiger charge is -2.05. The normalized spacial score (nSPS) is 11.0. The highest BCUT2D eigenvalue weighted by Gasteiger charge is 2.12. The average Bonchev–Trinajstić information content (AvgIpc) is 3.02. The van der Waals surface area contributed by atoms with Gasteiger partial charge in [-0.15, -0.1) is 0 Å². The Morgan fingerprint density at radius 1 is 1.08 bits per heavy atom. The van der Waals surface area contributed by atoms with Crippen molar-refractivity contribution in [1.29, 1.82) is 0 Å². The van der Waals surface area contributed by atoms with E-state index in [1.54, 1.807) is 12.1 Å². The molecular formula is C18H14N4O3. The lowest BCUT2D eigenvalue weighted by Crippen LogP contribution is -2.06. The topological polar surface area (TPSA) is 94.1 Å². The van der Waals surface area contributed by atoms with Gasteiger partial charge >= 0.3 is 0 Å². The van der Waals surface area contributed by atoms with Crippen molar-refractivity contribution in [3.05, 3.63) is 70.5 Å². The molecule has 0 atom stereocenters. The Bertz CT molecular complexity index is 1060. The molecule has 0 radical (unpaired) electrons. The molecule has 0 bridgehead atoms. The summed E-state index contributed by atoms with van der Waals surface area (Å²) >= 11 is 0. The molecule has 1 N–H and O–H groups in total. The van der Waals surface area contributed by atoms with Crippen molar-refractivity contribution >= 4 is 33.6 Å². The van der Waals surface area contributed by atoms with Gasteiger partial charge in [-0.25, -0.2) is 9.97 Å². The third kappa shape index (κ3) is 2.87. The number of non-ortho nitro benzene ring substituents is 1. The zero-order chi connectivity index (χ0) is 17.2. The standard InChI is InChI=1S/C18H14N4O3/c23-22(24)13-7-5-12(6-8-13)9-10-19-18-17-16(20-11-21-18)14-3-1-2-4-15(14)25-17/h1-8,11H,9-10H2,(H,19,20,21). The van der Waals surface area contributed by atoms with Crippen molar-refractivity contribution < 1.29 is 9.34 Å². The van der Waals surface area contributed by atoms with Crippen LogP contribution in [0.3, 0.4) is 0 Å². The van der Waals surface area contributed by atoms with Crippen LogP contribution in [0.4, 0.5) is 11.5 Å². The Morgan fingerprint density at radius 3 is 2.68 bits per heavy atom. The number of benzene rings is 2. The van der Waals surface area contributed by atoms with Crippen LogP contribution in [0.1, 0.15) is 5.56 Å². The Kier molecular flexibility index (Phi) is 3.74. The monoisotopic (exact) mass is 334 g/mol. The third-order valence-corrected chi connectivity index (χ3v) is 4.01. The van der Waals surface area contributed by atoms with Gasteiger partial charge in [-0.1, -0.05) is 24.3 Å². The molecule has 0 saturated carbocycles. The van der Waals surface area contributed by atoms with E-state index in [1.807, 2.05) is 24.3 Å². The Balaban J connectivity index is 1.52. The Morgan fingerprint density at radius 2 is 1.88 bits per heavy atom. The average molecular weight is 334 g/mol. The summed E-state index contributed by atoms with van der Waals surface area (Å²) < 4.78 is 5.87. The fourth-order valence-corrected chi connectivity index (χ4v) is 2.76. The highest BCUT2D eigenvalue weighted by Crippen LogP contribution is 2.30. The molecule has 7 heteroatoms. The summed E-state index contributed by atoms with van der Waals surface area (Å²) in [5.41, 5.74) is 3.29. The van der Waals surface area contributed by atoms with Crippen LogP contribution in [-0.4, -0.2) is 21.4 Å². The fraction of sp³-hybridized carbons (Fsp3) is 0.111. The summed E-state index contributed by atoms with van der Waals surface area (Å²) in [6.45, 7) is 0.626. The molecule has 0 aliphatic heterocycles. The molecule has 7 nitrogen and oxygen atoms in total. The number of nitro groups is 1. The number of rotatable bonds is 5. The lowest BCUT2D eigenvalue weighted by atomic mass is 10.1. The highest BCUT2D eigenvalue weighted by atomic mass is 16.6. The van der Waals surface area contributed by atoms with E-state index in [4.69, 9.17) is 4.42 Å². The number of hydrogen-bond donors (Lipinski definition) is 1. The van der Waals surface area contributed by atoms with E-state index in [-0.39, 0.29) is 5.69 Å². The second kappa shape index (κ2) is 6.20.